The second-order valence-electron chi connectivity index (χ2n) is 4.71. The lowest BCUT2D eigenvalue weighted by atomic mass is 10.2. The number of amides is 2. The lowest BCUT2D eigenvalue weighted by Gasteiger charge is -2.16. The van der Waals surface area contributed by atoms with Crippen molar-refractivity contribution in [2.24, 2.45) is 0 Å². The number of nitrogens with one attached hydrogen (secondary N) is 2. The van der Waals surface area contributed by atoms with Gasteiger partial charge in [-0.25, -0.2) is 11.0 Å². The summed E-state index contributed by atoms with van der Waals surface area (Å²) >= 11 is 12.5. The summed E-state index contributed by atoms with van der Waals surface area (Å²) in [5.74, 6) is -0.481. The summed E-state index contributed by atoms with van der Waals surface area (Å²) in [5.41, 5.74) is 3.79. The van der Waals surface area contributed by atoms with Crippen LogP contribution in [0.25, 0.3) is 0 Å². The molecule has 0 aliphatic rings. The van der Waals surface area contributed by atoms with Crippen LogP contribution < -0.4 is 15.7 Å². The van der Waals surface area contributed by atoms with E-state index < -0.39 is 11.8 Å². The number of halogens is 6. The summed E-state index contributed by atoms with van der Waals surface area (Å²) in [7, 11) is 0. The van der Waals surface area contributed by atoms with Gasteiger partial charge in [-0.05, 0) is 148 Å². The average molecular weight is 1040 g/mol. The standard InChI is InChI=1S/C14H6I6N2O5/c15-7-3(13(23)21-25)1-5(9(17)11(7)19)27-6-2-4(14(24)22-26)8(16)12(20)10(6)18/h1-2,25-26H,(H,21,23)(H,22,24). The van der Waals surface area contributed by atoms with E-state index in [-0.39, 0.29) is 11.1 Å². The van der Waals surface area contributed by atoms with E-state index in [4.69, 9.17) is 15.2 Å². The summed E-state index contributed by atoms with van der Waals surface area (Å²) in [6, 6.07) is 3.06. The van der Waals surface area contributed by atoms with Crippen molar-refractivity contribution >= 4 is 147 Å². The minimum atomic E-state index is -0.647. The van der Waals surface area contributed by atoms with Crippen molar-refractivity contribution in [3.63, 3.8) is 0 Å². The third-order valence-corrected chi connectivity index (χ3v) is 13.8. The Kier molecular flexibility index (Phi) is 9.79. The first kappa shape index (κ1) is 24.7. The molecule has 0 saturated heterocycles. The molecule has 0 aliphatic heterocycles. The fourth-order valence-corrected chi connectivity index (χ4v) is 6.44. The van der Waals surface area contributed by atoms with E-state index in [1.807, 2.05) is 45.2 Å². The van der Waals surface area contributed by atoms with Gasteiger partial charge < -0.3 is 4.74 Å². The summed E-state index contributed by atoms with van der Waals surface area (Å²) in [5, 5.41) is 17.9. The van der Waals surface area contributed by atoms with Crippen LogP contribution in [0.3, 0.4) is 0 Å². The van der Waals surface area contributed by atoms with Gasteiger partial charge in [0.15, 0.2) is 0 Å². The molecule has 2 amide bonds. The highest BCUT2D eigenvalue weighted by atomic mass is 127. The number of carbonyl (C=O) groups is 2. The molecule has 144 valence electrons. The number of carbonyl (C=O) groups excluding carboxylic acids is 2. The molecule has 0 atom stereocenters. The Bertz CT molecular complexity index is 877. The minimum absolute atomic E-state index is 0.265. The first-order valence-corrected chi connectivity index (χ1v) is 13.0. The molecule has 0 aliphatic carbocycles. The molecule has 0 saturated carbocycles. The van der Waals surface area contributed by atoms with Crippen molar-refractivity contribution in [3.05, 3.63) is 44.7 Å². The molecule has 2 rings (SSSR count). The summed E-state index contributed by atoms with van der Waals surface area (Å²) < 4.78 is 10.6. The van der Waals surface area contributed by atoms with Gasteiger partial charge in [0.2, 0.25) is 0 Å². The third kappa shape index (κ3) is 5.40. The summed E-state index contributed by atoms with van der Waals surface area (Å²) in [6.07, 6.45) is 0. The van der Waals surface area contributed by atoms with Crippen LogP contribution >= 0.6 is 136 Å². The predicted molar refractivity (Wildman–Crippen MR) is 148 cm³/mol. The van der Waals surface area contributed by atoms with E-state index in [1.165, 1.54) is 12.1 Å². The van der Waals surface area contributed by atoms with Crippen molar-refractivity contribution in [1.82, 2.24) is 11.0 Å². The molecule has 4 N–H and O–H groups in total. The number of benzene rings is 2. The van der Waals surface area contributed by atoms with Gasteiger partial charge in [-0.3, -0.25) is 20.0 Å². The van der Waals surface area contributed by atoms with E-state index in [0.29, 0.717) is 18.6 Å². The molecule has 7 nitrogen and oxygen atoms in total. The van der Waals surface area contributed by atoms with E-state index in [0.717, 1.165) is 14.3 Å². The SMILES string of the molecule is O=C(NO)c1cc(Oc2cc(C(=O)NO)c(I)c(I)c2I)c(I)c(I)c1I. The van der Waals surface area contributed by atoms with Crippen LogP contribution in [0.2, 0.25) is 0 Å². The normalized spacial score (nSPS) is 10.5. The number of hydrogen-bond donors (Lipinski definition) is 4. The van der Waals surface area contributed by atoms with Crippen LogP contribution in [-0.4, -0.2) is 22.2 Å². The Labute approximate surface area is 235 Å². The number of rotatable bonds is 4. The van der Waals surface area contributed by atoms with E-state index in [9.17, 15) is 9.59 Å². The zero-order chi connectivity index (χ0) is 20.5. The summed E-state index contributed by atoms with van der Waals surface area (Å²) in [6.45, 7) is 0. The van der Waals surface area contributed by atoms with Crippen LogP contribution in [0.1, 0.15) is 20.7 Å². The zero-order valence-electron chi connectivity index (χ0n) is 12.5. The Morgan fingerprint density at radius 3 is 1.30 bits per heavy atom. The first-order chi connectivity index (χ1) is 12.6. The molecule has 0 unspecified atom stereocenters. The van der Waals surface area contributed by atoms with Crippen molar-refractivity contribution < 1.29 is 24.7 Å². The molecule has 0 spiro atoms. The molecule has 0 aromatic heterocycles. The molecule has 13 heteroatoms. The molecule has 2 aromatic rings. The van der Waals surface area contributed by atoms with Crippen molar-refractivity contribution in [3.8, 4) is 11.5 Å². The largest absolute Gasteiger partial charge is 0.455 e. The number of ether oxygens (including phenoxy) is 1. The highest BCUT2D eigenvalue weighted by Crippen LogP contribution is 2.39. The smallest absolute Gasteiger partial charge is 0.275 e. The van der Waals surface area contributed by atoms with Crippen LogP contribution in [-0.2, 0) is 0 Å². The second kappa shape index (κ2) is 10.7. The van der Waals surface area contributed by atoms with E-state index in [1.54, 1.807) is 11.0 Å². The molecular weight excluding hydrogens is 1040 g/mol. The second-order valence-corrected chi connectivity index (χ2v) is 11.2. The van der Waals surface area contributed by atoms with Gasteiger partial charge in [-0.2, -0.15) is 0 Å². The molecule has 0 radical (unpaired) electrons. The van der Waals surface area contributed by atoms with Gasteiger partial charge in [-0.1, -0.05) is 0 Å². The Morgan fingerprint density at radius 2 is 1.00 bits per heavy atom. The zero-order valence-corrected chi connectivity index (χ0v) is 25.5. The monoisotopic (exact) mass is 1040 g/mol. The minimum Gasteiger partial charge on any atom is -0.455 e. The number of hydrogen-bond acceptors (Lipinski definition) is 5. The fraction of sp³-hybridized carbons (Fsp3) is 0. The molecule has 0 heterocycles. The van der Waals surface area contributed by atoms with Gasteiger partial charge in [-0.15, -0.1) is 0 Å². The van der Waals surface area contributed by atoms with Gasteiger partial charge in [0.25, 0.3) is 11.8 Å². The topological polar surface area (TPSA) is 108 Å². The van der Waals surface area contributed by atoms with E-state index >= 15 is 0 Å². The Morgan fingerprint density at radius 1 is 0.667 bits per heavy atom. The first-order valence-electron chi connectivity index (χ1n) is 6.55. The Balaban J connectivity index is 2.64. The maximum atomic E-state index is 11.9. The maximum Gasteiger partial charge on any atom is 0.275 e. The van der Waals surface area contributed by atoms with Gasteiger partial charge >= 0.3 is 0 Å². The van der Waals surface area contributed by atoms with Gasteiger partial charge in [0, 0.05) is 14.3 Å². The quantitative estimate of drug-likeness (QED) is 0.143. The lowest BCUT2D eigenvalue weighted by molar-refractivity contribution is 0.0701. The molecule has 0 fully saturated rings. The van der Waals surface area contributed by atoms with Gasteiger partial charge in [0.05, 0.1) is 18.3 Å². The highest BCUT2D eigenvalue weighted by molar-refractivity contribution is 14.1. The lowest BCUT2D eigenvalue weighted by Crippen LogP contribution is -2.21. The van der Waals surface area contributed by atoms with Gasteiger partial charge in [0.1, 0.15) is 11.5 Å². The van der Waals surface area contributed by atoms with Crippen molar-refractivity contribution in [2.45, 2.75) is 0 Å². The summed E-state index contributed by atoms with van der Waals surface area (Å²) in [4.78, 5) is 23.9. The number of hydroxylamine groups is 2. The molecule has 27 heavy (non-hydrogen) atoms. The molecule has 2 aromatic carbocycles. The van der Waals surface area contributed by atoms with Crippen LogP contribution in [0.4, 0.5) is 0 Å². The predicted octanol–water partition coefficient (Wildman–Crippen LogP) is 5.34. The van der Waals surface area contributed by atoms with Crippen LogP contribution in [0.15, 0.2) is 12.1 Å². The van der Waals surface area contributed by atoms with Crippen molar-refractivity contribution in [1.29, 1.82) is 0 Å². The van der Waals surface area contributed by atoms with Crippen LogP contribution in [0.5, 0.6) is 11.5 Å². The third-order valence-electron chi connectivity index (χ3n) is 3.14. The maximum absolute atomic E-state index is 11.9. The molecule has 0 bridgehead atoms. The fourth-order valence-electron chi connectivity index (χ4n) is 1.88. The Hall–Kier alpha value is 1.48. The molecular formula is C14H6I6N2O5. The van der Waals surface area contributed by atoms with E-state index in [2.05, 4.69) is 90.4 Å². The van der Waals surface area contributed by atoms with Crippen LogP contribution in [0, 0.1) is 21.4 Å². The highest BCUT2D eigenvalue weighted by Gasteiger charge is 2.22. The van der Waals surface area contributed by atoms with Crippen molar-refractivity contribution in [2.75, 3.05) is 0 Å². The average Bonchev–Trinajstić information content (AvgIpc) is 2.67.